The molecule has 0 bridgehead atoms. The maximum Gasteiger partial charge on any atom is 0.0390 e. The smallest absolute Gasteiger partial charge is 0.0390 e. The number of hydrogen-bond donors (Lipinski definition) is 1. The van der Waals surface area contributed by atoms with Gasteiger partial charge in [0.2, 0.25) is 0 Å². The third kappa shape index (κ3) is 4.41. The second kappa shape index (κ2) is 10.4. The average molecular weight is 564 g/mol. The van der Waals surface area contributed by atoms with Crippen molar-refractivity contribution in [2.75, 3.05) is 5.32 Å². The minimum absolute atomic E-state index is 0.0451. The van der Waals surface area contributed by atoms with Crippen LogP contribution in [0.5, 0.6) is 0 Å². The molecule has 44 heavy (non-hydrogen) atoms. The molecule has 0 fully saturated rings. The SMILES string of the molecule is CC1(C)c2ccccc2-c2ccc(-c3cc(Nc4ccc(-c5cccc6ccccc56)cc4)ccc3-c3ccccc3)cc21. The van der Waals surface area contributed by atoms with Crippen LogP contribution in [0, 0.1) is 0 Å². The molecule has 210 valence electrons. The van der Waals surface area contributed by atoms with Gasteiger partial charge in [0.25, 0.3) is 0 Å². The Balaban J connectivity index is 1.17. The average Bonchev–Trinajstić information content (AvgIpc) is 3.31. The molecule has 0 aromatic heterocycles. The van der Waals surface area contributed by atoms with Crippen molar-refractivity contribution in [3.05, 3.63) is 169 Å². The Morgan fingerprint density at radius 1 is 0.386 bits per heavy atom. The molecule has 7 aromatic rings. The van der Waals surface area contributed by atoms with E-state index < -0.39 is 0 Å². The van der Waals surface area contributed by atoms with Crippen LogP contribution in [0.4, 0.5) is 11.4 Å². The zero-order chi connectivity index (χ0) is 29.7. The summed E-state index contributed by atoms with van der Waals surface area (Å²) in [5.74, 6) is 0. The van der Waals surface area contributed by atoms with Gasteiger partial charge >= 0.3 is 0 Å². The van der Waals surface area contributed by atoms with E-state index in [-0.39, 0.29) is 5.41 Å². The monoisotopic (exact) mass is 563 g/mol. The number of nitrogens with one attached hydrogen (secondary N) is 1. The first kappa shape index (κ1) is 26.2. The summed E-state index contributed by atoms with van der Waals surface area (Å²) in [5, 5.41) is 6.23. The number of anilines is 2. The van der Waals surface area contributed by atoms with E-state index in [9.17, 15) is 0 Å². The van der Waals surface area contributed by atoms with E-state index in [4.69, 9.17) is 0 Å². The lowest BCUT2D eigenvalue weighted by atomic mass is 9.81. The summed E-state index contributed by atoms with van der Waals surface area (Å²) in [6, 6.07) is 57.2. The molecule has 8 rings (SSSR count). The third-order valence-corrected chi connectivity index (χ3v) is 9.27. The summed E-state index contributed by atoms with van der Waals surface area (Å²) < 4.78 is 0. The van der Waals surface area contributed by atoms with Gasteiger partial charge in [0.05, 0.1) is 0 Å². The summed E-state index contributed by atoms with van der Waals surface area (Å²) >= 11 is 0. The topological polar surface area (TPSA) is 12.0 Å². The first-order chi connectivity index (χ1) is 21.6. The minimum atomic E-state index is -0.0451. The van der Waals surface area contributed by atoms with Gasteiger partial charge < -0.3 is 5.32 Å². The third-order valence-electron chi connectivity index (χ3n) is 9.27. The van der Waals surface area contributed by atoms with E-state index in [1.165, 1.54) is 66.4 Å². The maximum atomic E-state index is 3.69. The van der Waals surface area contributed by atoms with Gasteiger partial charge in [0, 0.05) is 16.8 Å². The van der Waals surface area contributed by atoms with Gasteiger partial charge in [-0.25, -0.2) is 0 Å². The van der Waals surface area contributed by atoms with Gasteiger partial charge in [0.1, 0.15) is 0 Å². The fourth-order valence-electron chi connectivity index (χ4n) is 6.98. The normalized spacial score (nSPS) is 13.0. The second-order valence-electron chi connectivity index (χ2n) is 12.3. The van der Waals surface area contributed by atoms with Crippen molar-refractivity contribution in [2.45, 2.75) is 19.3 Å². The van der Waals surface area contributed by atoms with Crippen LogP contribution >= 0.6 is 0 Å². The van der Waals surface area contributed by atoms with Gasteiger partial charge in [-0.1, -0.05) is 141 Å². The molecule has 0 saturated heterocycles. The van der Waals surface area contributed by atoms with Crippen LogP contribution in [0.1, 0.15) is 25.0 Å². The fourth-order valence-corrected chi connectivity index (χ4v) is 6.98. The molecule has 0 heterocycles. The molecule has 7 aromatic carbocycles. The zero-order valence-corrected chi connectivity index (χ0v) is 25.0. The standard InChI is InChI=1S/C43H33N/c1-43(2)41-18-9-8-16-38(41)39-25-21-32(27-42(39)43)40-28-34(24-26-37(40)29-11-4-3-5-12-29)44-33-22-19-31(20-23-33)36-17-10-14-30-13-6-7-15-35(30)36/h3-28,44H,1-2H3. The molecule has 1 N–H and O–H groups in total. The second-order valence-corrected chi connectivity index (χ2v) is 12.3. The highest BCUT2D eigenvalue weighted by Gasteiger charge is 2.35. The van der Waals surface area contributed by atoms with Crippen molar-refractivity contribution in [3.63, 3.8) is 0 Å². The molecule has 0 amide bonds. The molecule has 0 spiro atoms. The molecule has 1 aliphatic rings. The minimum Gasteiger partial charge on any atom is -0.356 e. The van der Waals surface area contributed by atoms with E-state index >= 15 is 0 Å². The summed E-state index contributed by atoms with van der Waals surface area (Å²) in [6.07, 6.45) is 0. The predicted octanol–water partition coefficient (Wildman–Crippen LogP) is 11.9. The van der Waals surface area contributed by atoms with Gasteiger partial charge in [-0.05, 0) is 96.7 Å². The van der Waals surface area contributed by atoms with Crippen molar-refractivity contribution in [2.24, 2.45) is 0 Å². The van der Waals surface area contributed by atoms with E-state index in [0.29, 0.717) is 0 Å². The van der Waals surface area contributed by atoms with E-state index in [2.05, 4.69) is 177 Å². The maximum absolute atomic E-state index is 3.69. The zero-order valence-electron chi connectivity index (χ0n) is 25.0. The van der Waals surface area contributed by atoms with Gasteiger partial charge in [-0.3, -0.25) is 0 Å². The first-order valence-corrected chi connectivity index (χ1v) is 15.4. The lowest BCUT2D eigenvalue weighted by molar-refractivity contribution is 0.660. The van der Waals surface area contributed by atoms with Crippen molar-refractivity contribution in [3.8, 4) is 44.5 Å². The van der Waals surface area contributed by atoms with Crippen LogP contribution in [0.25, 0.3) is 55.3 Å². The summed E-state index contributed by atoms with van der Waals surface area (Å²) in [5.41, 5.74) is 15.0. The van der Waals surface area contributed by atoms with Crippen molar-refractivity contribution >= 4 is 22.1 Å². The van der Waals surface area contributed by atoms with Crippen LogP contribution in [-0.4, -0.2) is 0 Å². The molecule has 1 nitrogen and oxygen atoms in total. The number of rotatable bonds is 5. The van der Waals surface area contributed by atoms with Crippen molar-refractivity contribution in [1.82, 2.24) is 0 Å². The fraction of sp³-hybridized carbons (Fsp3) is 0.0698. The Labute approximate surface area is 259 Å². The highest BCUT2D eigenvalue weighted by atomic mass is 14.9. The summed E-state index contributed by atoms with van der Waals surface area (Å²) in [7, 11) is 0. The van der Waals surface area contributed by atoms with E-state index in [0.717, 1.165) is 11.4 Å². The molecule has 0 unspecified atom stereocenters. The molecular formula is C43H33N. The molecule has 0 radical (unpaired) electrons. The molecule has 1 heteroatoms. The Kier molecular flexibility index (Phi) is 6.20. The number of benzene rings is 7. The van der Waals surface area contributed by atoms with Crippen LogP contribution in [0.3, 0.4) is 0 Å². The van der Waals surface area contributed by atoms with Gasteiger partial charge in [-0.15, -0.1) is 0 Å². The highest BCUT2D eigenvalue weighted by molar-refractivity contribution is 5.97. The van der Waals surface area contributed by atoms with Crippen molar-refractivity contribution < 1.29 is 0 Å². The molecule has 0 atom stereocenters. The largest absolute Gasteiger partial charge is 0.356 e. The molecule has 0 aliphatic heterocycles. The van der Waals surface area contributed by atoms with Crippen LogP contribution in [-0.2, 0) is 5.41 Å². The molecular weight excluding hydrogens is 530 g/mol. The van der Waals surface area contributed by atoms with Gasteiger partial charge in [0.15, 0.2) is 0 Å². The quantitative estimate of drug-likeness (QED) is 0.220. The van der Waals surface area contributed by atoms with Gasteiger partial charge in [-0.2, -0.15) is 0 Å². The number of hydrogen-bond acceptors (Lipinski definition) is 1. The van der Waals surface area contributed by atoms with E-state index in [1.807, 2.05) is 0 Å². The highest BCUT2D eigenvalue weighted by Crippen LogP contribution is 2.50. The van der Waals surface area contributed by atoms with E-state index in [1.54, 1.807) is 0 Å². The van der Waals surface area contributed by atoms with Crippen LogP contribution in [0.2, 0.25) is 0 Å². The van der Waals surface area contributed by atoms with Crippen LogP contribution in [0.15, 0.2) is 158 Å². The Bertz CT molecular complexity index is 2150. The number of fused-ring (bicyclic) bond motifs is 4. The summed E-state index contributed by atoms with van der Waals surface area (Å²) in [4.78, 5) is 0. The Morgan fingerprint density at radius 2 is 1.00 bits per heavy atom. The summed E-state index contributed by atoms with van der Waals surface area (Å²) in [6.45, 7) is 4.69. The predicted molar refractivity (Wildman–Crippen MR) is 188 cm³/mol. The molecule has 0 saturated carbocycles. The first-order valence-electron chi connectivity index (χ1n) is 15.4. The Morgan fingerprint density at radius 3 is 1.86 bits per heavy atom. The van der Waals surface area contributed by atoms with Crippen LogP contribution < -0.4 is 5.32 Å². The molecule has 1 aliphatic carbocycles. The Hall–Kier alpha value is -5.40. The van der Waals surface area contributed by atoms with Crippen molar-refractivity contribution in [1.29, 1.82) is 0 Å². The lowest BCUT2D eigenvalue weighted by Gasteiger charge is -2.22. The lowest BCUT2D eigenvalue weighted by Crippen LogP contribution is -2.14.